The fraction of sp³-hybridized carbons (Fsp3) is 0.200. The first-order valence-electron chi connectivity index (χ1n) is 5.87. The molecular weight excluding hydrogens is 286 g/mol. The van der Waals surface area contributed by atoms with Crippen LogP contribution >= 0.6 is 11.6 Å². The van der Waals surface area contributed by atoms with E-state index >= 15 is 0 Å². The fourth-order valence-corrected chi connectivity index (χ4v) is 2.23. The molecule has 106 valence electrons. The van der Waals surface area contributed by atoms with Crippen LogP contribution in [-0.2, 0) is 0 Å². The summed E-state index contributed by atoms with van der Waals surface area (Å²) in [7, 11) is 2.85. The van der Waals surface area contributed by atoms with E-state index in [1.54, 1.807) is 6.07 Å². The number of rotatable bonds is 4. The average Bonchev–Trinajstić information content (AvgIpc) is 2.46. The molecule has 0 aromatic heterocycles. The number of hydrogen-bond donors (Lipinski definition) is 0. The number of halogens is 3. The van der Waals surface area contributed by atoms with Gasteiger partial charge in [-0.3, -0.25) is 0 Å². The van der Waals surface area contributed by atoms with Crippen molar-refractivity contribution in [3.8, 4) is 11.5 Å². The van der Waals surface area contributed by atoms with Crippen LogP contribution in [0, 0.1) is 11.6 Å². The number of hydrogen-bond acceptors (Lipinski definition) is 2. The van der Waals surface area contributed by atoms with Gasteiger partial charge in [0.2, 0.25) is 0 Å². The van der Waals surface area contributed by atoms with E-state index in [1.807, 2.05) is 0 Å². The second-order valence-electron chi connectivity index (χ2n) is 4.14. The third-order valence-electron chi connectivity index (χ3n) is 2.93. The van der Waals surface area contributed by atoms with Crippen LogP contribution in [0.15, 0.2) is 36.4 Å². The van der Waals surface area contributed by atoms with Crippen molar-refractivity contribution >= 4 is 11.6 Å². The maximum Gasteiger partial charge on any atom is 0.165 e. The maximum absolute atomic E-state index is 13.7. The Morgan fingerprint density at radius 3 is 2.20 bits per heavy atom. The minimum atomic E-state index is -0.721. The quantitative estimate of drug-likeness (QED) is 0.783. The van der Waals surface area contributed by atoms with Crippen LogP contribution in [0.25, 0.3) is 0 Å². The van der Waals surface area contributed by atoms with Gasteiger partial charge in [0.15, 0.2) is 11.6 Å². The molecule has 0 aliphatic heterocycles. The van der Waals surface area contributed by atoms with Gasteiger partial charge in [-0.15, -0.1) is 11.6 Å². The Bertz CT molecular complexity index is 617. The number of alkyl halides is 1. The lowest BCUT2D eigenvalue weighted by atomic mass is 10.0. The van der Waals surface area contributed by atoms with Crippen molar-refractivity contribution in [3.63, 3.8) is 0 Å². The molecule has 0 N–H and O–H groups in total. The molecule has 5 heteroatoms. The second-order valence-corrected chi connectivity index (χ2v) is 4.58. The first kappa shape index (κ1) is 14.6. The minimum Gasteiger partial charge on any atom is -0.496 e. The number of ether oxygens (including phenoxy) is 2. The van der Waals surface area contributed by atoms with Crippen LogP contribution in [0.4, 0.5) is 8.78 Å². The fourth-order valence-electron chi connectivity index (χ4n) is 1.92. The molecule has 0 spiro atoms. The first-order chi connectivity index (χ1) is 9.56. The zero-order chi connectivity index (χ0) is 14.7. The van der Waals surface area contributed by atoms with E-state index in [1.165, 1.54) is 44.6 Å². The summed E-state index contributed by atoms with van der Waals surface area (Å²) in [6.07, 6.45) is 0. The van der Waals surface area contributed by atoms with E-state index in [-0.39, 0.29) is 5.75 Å². The van der Waals surface area contributed by atoms with Crippen molar-refractivity contribution in [1.29, 1.82) is 0 Å². The smallest absolute Gasteiger partial charge is 0.165 e. The van der Waals surface area contributed by atoms with Gasteiger partial charge in [0.25, 0.3) is 0 Å². The predicted molar refractivity (Wildman–Crippen MR) is 73.6 cm³/mol. The van der Waals surface area contributed by atoms with Crippen molar-refractivity contribution in [2.24, 2.45) is 0 Å². The highest BCUT2D eigenvalue weighted by atomic mass is 35.5. The summed E-state index contributed by atoms with van der Waals surface area (Å²) < 4.78 is 37.0. The lowest BCUT2D eigenvalue weighted by molar-refractivity contribution is 0.386. The van der Waals surface area contributed by atoms with Crippen LogP contribution in [-0.4, -0.2) is 14.2 Å². The molecule has 0 fully saturated rings. The monoisotopic (exact) mass is 298 g/mol. The van der Waals surface area contributed by atoms with Gasteiger partial charge >= 0.3 is 0 Å². The molecule has 0 saturated carbocycles. The van der Waals surface area contributed by atoms with Crippen LogP contribution < -0.4 is 9.47 Å². The topological polar surface area (TPSA) is 18.5 Å². The highest BCUT2D eigenvalue weighted by molar-refractivity contribution is 6.22. The second kappa shape index (κ2) is 6.09. The maximum atomic E-state index is 13.7. The Hall–Kier alpha value is -1.81. The Balaban J connectivity index is 2.43. The molecule has 2 aromatic carbocycles. The summed E-state index contributed by atoms with van der Waals surface area (Å²) in [5.41, 5.74) is 0.938. The van der Waals surface area contributed by atoms with Crippen LogP contribution in [0.5, 0.6) is 11.5 Å². The summed E-state index contributed by atoms with van der Waals surface area (Å²) in [6.45, 7) is 0. The largest absolute Gasteiger partial charge is 0.496 e. The Labute approximate surface area is 120 Å². The van der Waals surface area contributed by atoms with Gasteiger partial charge in [0.1, 0.15) is 11.6 Å². The standard InChI is InChI=1S/C15H13ClF2O2/c1-19-13-6-4-10(17)8-11(13)15(16)9-3-5-14(20-2)12(18)7-9/h3-8,15H,1-2H3. The molecule has 1 atom stereocenters. The van der Waals surface area contributed by atoms with Gasteiger partial charge in [0.05, 0.1) is 19.6 Å². The normalized spacial score (nSPS) is 12.1. The molecule has 20 heavy (non-hydrogen) atoms. The van der Waals surface area contributed by atoms with E-state index in [0.717, 1.165) is 0 Å². The molecule has 2 nitrogen and oxygen atoms in total. The van der Waals surface area contributed by atoms with E-state index in [4.69, 9.17) is 21.1 Å². The van der Waals surface area contributed by atoms with Gasteiger partial charge in [-0.1, -0.05) is 6.07 Å². The Morgan fingerprint density at radius 1 is 0.950 bits per heavy atom. The molecule has 0 aliphatic carbocycles. The van der Waals surface area contributed by atoms with E-state index in [9.17, 15) is 8.78 Å². The molecule has 2 rings (SSSR count). The van der Waals surface area contributed by atoms with Crippen molar-refractivity contribution in [2.45, 2.75) is 5.38 Å². The SMILES string of the molecule is COc1ccc(C(Cl)c2cc(F)ccc2OC)cc1F. The molecule has 0 heterocycles. The lowest BCUT2D eigenvalue weighted by Crippen LogP contribution is -1.99. The molecule has 2 aromatic rings. The highest BCUT2D eigenvalue weighted by Gasteiger charge is 2.18. The van der Waals surface area contributed by atoms with E-state index < -0.39 is 17.0 Å². The van der Waals surface area contributed by atoms with Crippen LogP contribution in [0.2, 0.25) is 0 Å². The molecule has 0 radical (unpaired) electrons. The molecule has 0 amide bonds. The summed E-state index contributed by atoms with van der Waals surface area (Å²) in [4.78, 5) is 0. The van der Waals surface area contributed by atoms with Gasteiger partial charge in [0, 0.05) is 5.56 Å². The average molecular weight is 299 g/mol. The molecular formula is C15H13ClF2O2. The third kappa shape index (κ3) is 2.85. The molecule has 0 saturated heterocycles. The van der Waals surface area contributed by atoms with Crippen LogP contribution in [0.3, 0.4) is 0 Å². The van der Waals surface area contributed by atoms with Gasteiger partial charge in [-0.05, 0) is 35.9 Å². The molecule has 0 aliphatic rings. The minimum absolute atomic E-state index is 0.129. The first-order valence-corrected chi connectivity index (χ1v) is 6.31. The Morgan fingerprint density at radius 2 is 1.60 bits per heavy atom. The molecule has 1 unspecified atom stereocenters. The number of methoxy groups -OCH3 is 2. The lowest BCUT2D eigenvalue weighted by Gasteiger charge is -2.15. The van der Waals surface area contributed by atoms with Crippen molar-refractivity contribution < 1.29 is 18.3 Å². The van der Waals surface area contributed by atoms with Gasteiger partial charge in [-0.25, -0.2) is 8.78 Å². The van der Waals surface area contributed by atoms with Gasteiger partial charge in [-0.2, -0.15) is 0 Å². The number of benzene rings is 2. The van der Waals surface area contributed by atoms with Crippen molar-refractivity contribution in [3.05, 3.63) is 59.2 Å². The summed E-state index contributed by atoms with van der Waals surface area (Å²) >= 11 is 6.30. The molecule has 0 bridgehead atoms. The summed E-state index contributed by atoms with van der Waals surface area (Å²) in [5.74, 6) is -0.377. The van der Waals surface area contributed by atoms with Gasteiger partial charge < -0.3 is 9.47 Å². The third-order valence-corrected chi connectivity index (χ3v) is 3.42. The van der Waals surface area contributed by atoms with Crippen LogP contribution in [0.1, 0.15) is 16.5 Å². The zero-order valence-electron chi connectivity index (χ0n) is 11.0. The summed E-state index contributed by atoms with van der Waals surface area (Å²) in [5, 5.41) is -0.721. The van der Waals surface area contributed by atoms with Crippen molar-refractivity contribution in [2.75, 3.05) is 14.2 Å². The zero-order valence-corrected chi connectivity index (χ0v) is 11.7. The highest BCUT2D eigenvalue weighted by Crippen LogP contribution is 2.36. The van der Waals surface area contributed by atoms with Crippen molar-refractivity contribution in [1.82, 2.24) is 0 Å². The van der Waals surface area contributed by atoms with E-state index in [2.05, 4.69) is 0 Å². The van der Waals surface area contributed by atoms with E-state index in [0.29, 0.717) is 16.9 Å². The predicted octanol–water partition coefficient (Wildman–Crippen LogP) is 4.31. The Kier molecular flexibility index (Phi) is 4.45. The summed E-state index contributed by atoms with van der Waals surface area (Å²) in [6, 6.07) is 8.41.